The number of phenolic OH excluding ortho intramolecular Hbond substituents is 2. The molecular formula is C62H86N2O2S4. The van der Waals surface area contributed by atoms with Crippen molar-refractivity contribution in [2.45, 2.75) is 201 Å². The van der Waals surface area contributed by atoms with Crippen LogP contribution in [0.1, 0.15) is 200 Å². The standard InChI is InChI=1S/C32H45NS2.C30H41NO2S2/c1-26-15-18-28(19-16-26)32(3)25-35-31-24-27(2)17-20-29(31)30(32)14-10-7-5-4-6-8-12-22-34-23-13-9-11-21-33;1-30(24-13-15-25(32)16-14-24)23-35-29-22-26(33)17-18-27(29)28(30)12-8-5-3-2-4-6-10-20-34-21-11-7-9-19-31/h15-20,24,30H,4-14,22-23,25H2,1-3H3;13-18,22,28,32-33H,2-12,20-21,23H2,1H3. The van der Waals surface area contributed by atoms with Crippen LogP contribution in [0.4, 0.5) is 0 Å². The molecule has 0 spiro atoms. The molecule has 0 aliphatic carbocycles. The van der Waals surface area contributed by atoms with E-state index in [2.05, 4.69) is 124 Å². The Hall–Kier alpha value is -3.14. The fourth-order valence-corrected chi connectivity index (χ4v) is 15.4. The zero-order valence-corrected chi connectivity index (χ0v) is 46.7. The van der Waals surface area contributed by atoms with Gasteiger partial charge in [-0.05, 0) is 153 Å². The summed E-state index contributed by atoms with van der Waals surface area (Å²) in [5.74, 6) is 8.82. The molecule has 0 amide bonds. The summed E-state index contributed by atoms with van der Waals surface area (Å²) in [6.45, 7) is 9.29. The first-order valence-electron chi connectivity index (χ1n) is 27.0. The van der Waals surface area contributed by atoms with Crippen molar-refractivity contribution in [3.63, 3.8) is 0 Å². The number of aromatic hydroxyl groups is 2. The lowest BCUT2D eigenvalue weighted by atomic mass is 9.67. The topological polar surface area (TPSA) is 88.0 Å². The first kappa shape index (κ1) is 57.8. The van der Waals surface area contributed by atoms with Gasteiger partial charge in [0.25, 0.3) is 0 Å². The molecule has 4 nitrogen and oxygen atoms in total. The Bertz CT molecular complexity index is 2030. The van der Waals surface area contributed by atoms with Crippen molar-refractivity contribution in [2.24, 2.45) is 0 Å². The molecule has 6 rings (SSSR count). The number of phenols is 2. The summed E-state index contributed by atoms with van der Waals surface area (Å²) in [5.41, 5.74) is 8.68. The van der Waals surface area contributed by atoms with Crippen molar-refractivity contribution < 1.29 is 10.2 Å². The maximum atomic E-state index is 10.0. The van der Waals surface area contributed by atoms with E-state index < -0.39 is 0 Å². The lowest BCUT2D eigenvalue weighted by Crippen LogP contribution is -2.36. The molecule has 8 heteroatoms. The van der Waals surface area contributed by atoms with Gasteiger partial charge in [0.1, 0.15) is 11.5 Å². The molecule has 0 aromatic heterocycles. The average molecular weight is 1020 g/mol. The van der Waals surface area contributed by atoms with Crippen LogP contribution in [0.15, 0.2) is 94.7 Å². The summed E-state index contributed by atoms with van der Waals surface area (Å²) in [6.07, 6.45) is 27.1. The van der Waals surface area contributed by atoms with Crippen molar-refractivity contribution >= 4 is 47.0 Å². The summed E-state index contributed by atoms with van der Waals surface area (Å²) in [5, 5.41) is 36.9. The van der Waals surface area contributed by atoms with Crippen LogP contribution in [0.5, 0.6) is 11.5 Å². The van der Waals surface area contributed by atoms with Crippen LogP contribution in [-0.4, -0.2) is 44.7 Å². The Labute approximate surface area is 442 Å². The highest BCUT2D eigenvalue weighted by molar-refractivity contribution is 8.00. The fourth-order valence-electron chi connectivity index (χ4n) is 10.5. The van der Waals surface area contributed by atoms with E-state index in [1.54, 1.807) is 5.56 Å². The van der Waals surface area contributed by atoms with Crippen molar-refractivity contribution in [3.8, 4) is 23.6 Å². The second-order valence-corrected chi connectivity index (χ2v) is 25.2. The van der Waals surface area contributed by atoms with Gasteiger partial charge in [0.2, 0.25) is 0 Å². The Morgan fingerprint density at radius 1 is 0.471 bits per heavy atom. The number of rotatable bonds is 30. The van der Waals surface area contributed by atoms with Gasteiger partial charge in [0.05, 0.1) is 12.1 Å². The van der Waals surface area contributed by atoms with E-state index in [0.717, 1.165) is 31.4 Å². The molecule has 2 N–H and O–H groups in total. The highest BCUT2D eigenvalue weighted by Crippen LogP contribution is 2.54. The third kappa shape index (κ3) is 18.7. The predicted molar refractivity (Wildman–Crippen MR) is 308 cm³/mol. The van der Waals surface area contributed by atoms with Crippen molar-refractivity contribution in [3.05, 3.63) is 118 Å². The van der Waals surface area contributed by atoms with Gasteiger partial charge in [0.15, 0.2) is 0 Å². The Morgan fingerprint density at radius 2 is 0.843 bits per heavy atom. The summed E-state index contributed by atoms with van der Waals surface area (Å²) in [4.78, 5) is 2.73. The lowest BCUT2D eigenvalue weighted by Gasteiger charge is -2.43. The Balaban J connectivity index is 0.000000261. The molecular weight excluding hydrogens is 933 g/mol. The molecule has 380 valence electrons. The fraction of sp³-hybridized carbons (Fsp3) is 0.581. The Morgan fingerprint density at radius 3 is 1.31 bits per heavy atom. The number of unbranched alkanes of at least 4 members (excludes halogenated alkanes) is 16. The van der Waals surface area contributed by atoms with Gasteiger partial charge in [-0.15, -0.1) is 23.5 Å². The van der Waals surface area contributed by atoms with Crippen LogP contribution in [0, 0.1) is 36.5 Å². The highest BCUT2D eigenvalue weighted by atomic mass is 32.2. The van der Waals surface area contributed by atoms with E-state index in [1.165, 1.54) is 176 Å². The summed E-state index contributed by atoms with van der Waals surface area (Å²) in [6, 6.07) is 34.6. The van der Waals surface area contributed by atoms with Crippen LogP contribution in [0.2, 0.25) is 0 Å². The molecule has 70 heavy (non-hydrogen) atoms. The van der Waals surface area contributed by atoms with E-state index in [0.29, 0.717) is 29.8 Å². The molecule has 0 fully saturated rings. The number of fused-ring (bicyclic) bond motifs is 2. The maximum Gasteiger partial charge on any atom is 0.116 e. The van der Waals surface area contributed by atoms with Gasteiger partial charge in [-0.1, -0.05) is 157 Å². The zero-order valence-electron chi connectivity index (χ0n) is 43.5. The minimum atomic E-state index is 0.00854. The van der Waals surface area contributed by atoms with Crippen LogP contribution >= 0.6 is 47.0 Å². The first-order valence-corrected chi connectivity index (χ1v) is 31.3. The Kier molecular flexibility index (Phi) is 26.5. The number of hydrogen-bond donors (Lipinski definition) is 2. The molecule has 0 saturated carbocycles. The maximum absolute atomic E-state index is 10.0. The molecule has 4 unspecified atom stereocenters. The van der Waals surface area contributed by atoms with Crippen LogP contribution in [-0.2, 0) is 10.8 Å². The van der Waals surface area contributed by atoms with Gasteiger partial charge in [0, 0.05) is 45.0 Å². The number of nitrogens with zero attached hydrogens (tertiary/aromatic N) is 2. The minimum Gasteiger partial charge on any atom is -0.508 e. The first-order chi connectivity index (χ1) is 34.1. The van der Waals surface area contributed by atoms with Gasteiger partial charge < -0.3 is 10.2 Å². The van der Waals surface area contributed by atoms with E-state index in [-0.39, 0.29) is 10.8 Å². The highest BCUT2D eigenvalue weighted by Gasteiger charge is 2.42. The second kappa shape index (κ2) is 32.1. The van der Waals surface area contributed by atoms with Crippen molar-refractivity contribution in [1.29, 1.82) is 10.5 Å². The summed E-state index contributed by atoms with van der Waals surface area (Å²) in [7, 11) is 0. The van der Waals surface area contributed by atoms with E-state index >= 15 is 0 Å². The van der Waals surface area contributed by atoms with Crippen molar-refractivity contribution in [1.82, 2.24) is 0 Å². The second-order valence-electron chi connectivity index (χ2n) is 20.7. The molecule has 2 aliphatic rings. The number of aryl methyl sites for hydroxylation is 2. The molecule has 4 atom stereocenters. The van der Waals surface area contributed by atoms with Gasteiger partial charge >= 0.3 is 0 Å². The van der Waals surface area contributed by atoms with Crippen LogP contribution in [0.25, 0.3) is 0 Å². The zero-order chi connectivity index (χ0) is 49.9. The third-order valence-corrected chi connectivity index (χ3v) is 20.1. The molecule has 4 aromatic carbocycles. The van der Waals surface area contributed by atoms with Crippen LogP contribution in [0.3, 0.4) is 0 Å². The monoisotopic (exact) mass is 1020 g/mol. The molecule has 2 aliphatic heterocycles. The quantitative estimate of drug-likeness (QED) is 0.0500. The largest absolute Gasteiger partial charge is 0.508 e. The van der Waals surface area contributed by atoms with E-state index in [1.807, 2.05) is 47.8 Å². The molecule has 0 radical (unpaired) electrons. The van der Waals surface area contributed by atoms with Crippen LogP contribution < -0.4 is 0 Å². The normalized spacial score (nSPS) is 19.3. The molecule has 4 aromatic rings. The summed E-state index contributed by atoms with van der Waals surface area (Å²) < 4.78 is 0. The smallest absolute Gasteiger partial charge is 0.116 e. The van der Waals surface area contributed by atoms with Gasteiger partial charge in [-0.2, -0.15) is 34.0 Å². The van der Waals surface area contributed by atoms with Gasteiger partial charge in [-0.25, -0.2) is 0 Å². The molecule has 0 saturated heterocycles. The number of thioether (sulfide) groups is 4. The number of hydrogen-bond acceptors (Lipinski definition) is 8. The van der Waals surface area contributed by atoms with Crippen molar-refractivity contribution in [2.75, 3.05) is 34.5 Å². The predicted octanol–water partition coefficient (Wildman–Crippen LogP) is 18.8. The minimum absolute atomic E-state index is 0.00854. The molecule has 0 bridgehead atoms. The average Bonchev–Trinajstić information content (AvgIpc) is 3.36. The van der Waals surface area contributed by atoms with Gasteiger partial charge in [-0.3, -0.25) is 0 Å². The van der Waals surface area contributed by atoms with E-state index in [9.17, 15) is 10.2 Å². The SMILES string of the molecule is CC1(c2ccc(O)cc2)CSc2cc(O)ccc2C1CCCCCCCCCSCCCCC#N.Cc1ccc(C2(C)CSc3cc(C)ccc3C2CCCCCCCCCSCCCCC#N)cc1. The lowest BCUT2D eigenvalue weighted by molar-refractivity contribution is 0.370. The number of nitriles is 2. The third-order valence-electron chi connectivity index (χ3n) is 15.0. The van der Waals surface area contributed by atoms with E-state index in [4.69, 9.17) is 10.5 Å². The number of benzene rings is 4. The summed E-state index contributed by atoms with van der Waals surface area (Å²) >= 11 is 8.02. The molecule has 2 heterocycles.